The van der Waals surface area contributed by atoms with Crippen LogP contribution in [-0.4, -0.2) is 86.6 Å². The molecule has 3 rings (SSSR count). The molecular weight excluding hydrogens is 264 g/mol. The van der Waals surface area contributed by atoms with Crippen LogP contribution in [0.1, 0.15) is 25.7 Å². The fourth-order valence-electron chi connectivity index (χ4n) is 4.17. The van der Waals surface area contributed by atoms with Gasteiger partial charge in [-0.15, -0.1) is 0 Å². The standard InChI is InChI=1S/C16H30N4O/c1-18-8-10-20(11-9-18)15(21)12-19-7-3-5-16(14-19)4-2-6-17-13-16/h17H,2-14H2,1H3. The van der Waals surface area contributed by atoms with Gasteiger partial charge in [0, 0.05) is 39.3 Å². The number of hydrogen-bond acceptors (Lipinski definition) is 4. The normalized spacial score (nSPS) is 32.5. The molecule has 3 aliphatic rings. The molecule has 1 unspecified atom stereocenters. The van der Waals surface area contributed by atoms with Crippen LogP contribution in [0.15, 0.2) is 0 Å². The first-order valence-electron chi connectivity index (χ1n) is 8.56. The lowest BCUT2D eigenvalue weighted by Gasteiger charge is -2.45. The Bertz CT molecular complexity index is 354. The molecule has 1 N–H and O–H groups in total. The first-order valence-corrected chi connectivity index (χ1v) is 8.56. The monoisotopic (exact) mass is 294 g/mol. The number of likely N-dealkylation sites (tertiary alicyclic amines) is 1. The van der Waals surface area contributed by atoms with E-state index in [-0.39, 0.29) is 0 Å². The first-order chi connectivity index (χ1) is 10.2. The first kappa shape index (κ1) is 15.3. The van der Waals surface area contributed by atoms with E-state index < -0.39 is 0 Å². The van der Waals surface area contributed by atoms with Gasteiger partial charge < -0.3 is 15.1 Å². The van der Waals surface area contributed by atoms with Gasteiger partial charge >= 0.3 is 0 Å². The molecular formula is C16H30N4O. The second-order valence-corrected chi connectivity index (χ2v) is 7.28. The number of rotatable bonds is 2. The molecule has 5 heteroatoms. The van der Waals surface area contributed by atoms with Crippen molar-refractivity contribution < 1.29 is 4.79 Å². The second-order valence-electron chi connectivity index (χ2n) is 7.28. The summed E-state index contributed by atoms with van der Waals surface area (Å²) in [5.41, 5.74) is 0.443. The molecule has 5 nitrogen and oxygen atoms in total. The molecule has 1 atom stereocenters. The van der Waals surface area contributed by atoms with Crippen molar-refractivity contribution in [2.75, 3.05) is 66.0 Å². The predicted molar refractivity (Wildman–Crippen MR) is 84.3 cm³/mol. The van der Waals surface area contributed by atoms with E-state index in [0.29, 0.717) is 17.9 Å². The van der Waals surface area contributed by atoms with E-state index in [1.165, 1.54) is 32.2 Å². The number of nitrogens with zero attached hydrogens (tertiary/aromatic N) is 3. The average Bonchev–Trinajstić information content (AvgIpc) is 2.49. The lowest BCUT2D eigenvalue weighted by molar-refractivity contribution is -0.135. The van der Waals surface area contributed by atoms with Crippen LogP contribution < -0.4 is 5.32 Å². The molecule has 0 bridgehead atoms. The van der Waals surface area contributed by atoms with Crippen LogP contribution >= 0.6 is 0 Å². The van der Waals surface area contributed by atoms with Crippen LogP contribution in [0.3, 0.4) is 0 Å². The number of hydrogen-bond donors (Lipinski definition) is 1. The van der Waals surface area contributed by atoms with Gasteiger partial charge in [0.15, 0.2) is 0 Å². The fraction of sp³-hybridized carbons (Fsp3) is 0.938. The number of amides is 1. The summed E-state index contributed by atoms with van der Waals surface area (Å²) >= 11 is 0. The van der Waals surface area contributed by atoms with E-state index in [2.05, 4.69) is 27.1 Å². The molecule has 0 saturated carbocycles. The Kier molecular flexibility index (Phi) is 4.82. The molecule has 21 heavy (non-hydrogen) atoms. The summed E-state index contributed by atoms with van der Waals surface area (Å²) in [7, 11) is 2.13. The summed E-state index contributed by atoms with van der Waals surface area (Å²) < 4.78 is 0. The largest absolute Gasteiger partial charge is 0.339 e. The predicted octanol–water partition coefficient (Wildman–Crippen LogP) is 0.226. The van der Waals surface area contributed by atoms with Gasteiger partial charge in [-0.05, 0) is 51.2 Å². The molecule has 0 aliphatic carbocycles. The lowest BCUT2D eigenvalue weighted by atomic mass is 9.74. The minimum Gasteiger partial charge on any atom is -0.339 e. The number of carbonyl (C=O) groups is 1. The topological polar surface area (TPSA) is 38.8 Å². The van der Waals surface area contributed by atoms with Crippen molar-refractivity contribution in [1.82, 2.24) is 20.0 Å². The highest BCUT2D eigenvalue weighted by Gasteiger charge is 2.37. The van der Waals surface area contributed by atoms with Crippen molar-refractivity contribution in [2.45, 2.75) is 25.7 Å². The van der Waals surface area contributed by atoms with Gasteiger partial charge in [0.2, 0.25) is 5.91 Å². The quantitative estimate of drug-likeness (QED) is 0.791. The molecule has 0 radical (unpaired) electrons. The van der Waals surface area contributed by atoms with Gasteiger partial charge in [-0.25, -0.2) is 0 Å². The third kappa shape index (κ3) is 3.76. The van der Waals surface area contributed by atoms with Gasteiger partial charge in [-0.2, -0.15) is 0 Å². The molecule has 1 amide bonds. The number of nitrogens with one attached hydrogen (secondary N) is 1. The van der Waals surface area contributed by atoms with Crippen LogP contribution in [0.5, 0.6) is 0 Å². The summed E-state index contributed by atoms with van der Waals surface area (Å²) in [6, 6.07) is 0. The van der Waals surface area contributed by atoms with E-state index in [4.69, 9.17) is 0 Å². The molecule has 3 heterocycles. The van der Waals surface area contributed by atoms with Crippen molar-refractivity contribution in [1.29, 1.82) is 0 Å². The van der Waals surface area contributed by atoms with Crippen LogP contribution in [0.2, 0.25) is 0 Å². The van der Waals surface area contributed by atoms with Crippen molar-refractivity contribution >= 4 is 5.91 Å². The molecule has 0 aromatic rings. The molecule has 0 aromatic carbocycles. The van der Waals surface area contributed by atoms with Crippen LogP contribution in [0, 0.1) is 5.41 Å². The van der Waals surface area contributed by atoms with E-state index >= 15 is 0 Å². The number of likely N-dealkylation sites (N-methyl/N-ethyl adjacent to an activating group) is 1. The molecule has 3 aliphatic heterocycles. The fourth-order valence-corrected chi connectivity index (χ4v) is 4.17. The maximum atomic E-state index is 12.5. The van der Waals surface area contributed by atoms with Crippen molar-refractivity contribution in [3.63, 3.8) is 0 Å². The van der Waals surface area contributed by atoms with Gasteiger partial charge in [-0.1, -0.05) is 0 Å². The van der Waals surface area contributed by atoms with Crippen LogP contribution in [0.4, 0.5) is 0 Å². The van der Waals surface area contributed by atoms with Gasteiger partial charge in [0.25, 0.3) is 0 Å². The van der Waals surface area contributed by atoms with Crippen molar-refractivity contribution in [3.8, 4) is 0 Å². The molecule has 3 fully saturated rings. The number of piperidine rings is 2. The maximum Gasteiger partial charge on any atom is 0.236 e. The molecule has 0 aromatic heterocycles. The molecule has 1 spiro atoms. The third-order valence-corrected chi connectivity index (χ3v) is 5.52. The minimum atomic E-state index is 0.337. The van der Waals surface area contributed by atoms with Crippen LogP contribution in [0.25, 0.3) is 0 Å². The summed E-state index contributed by atoms with van der Waals surface area (Å²) in [6.07, 6.45) is 5.20. The second kappa shape index (κ2) is 6.63. The Labute approximate surface area is 128 Å². The minimum absolute atomic E-state index is 0.337. The number of carbonyl (C=O) groups excluding carboxylic acids is 1. The van der Waals surface area contributed by atoms with E-state index in [9.17, 15) is 4.79 Å². The highest BCUT2D eigenvalue weighted by Crippen LogP contribution is 2.35. The van der Waals surface area contributed by atoms with E-state index in [1.54, 1.807) is 0 Å². The summed E-state index contributed by atoms with van der Waals surface area (Å²) in [6.45, 7) is 8.98. The lowest BCUT2D eigenvalue weighted by Crippen LogP contribution is -2.54. The third-order valence-electron chi connectivity index (χ3n) is 5.52. The summed E-state index contributed by atoms with van der Waals surface area (Å²) in [5, 5.41) is 3.56. The Morgan fingerprint density at radius 2 is 1.86 bits per heavy atom. The molecule has 3 saturated heterocycles. The maximum absolute atomic E-state index is 12.5. The van der Waals surface area contributed by atoms with Gasteiger partial charge in [0.1, 0.15) is 0 Å². The Morgan fingerprint density at radius 1 is 1.10 bits per heavy atom. The summed E-state index contributed by atoms with van der Waals surface area (Å²) in [4.78, 5) is 19.3. The van der Waals surface area contributed by atoms with E-state index in [1.807, 2.05) is 0 Å². The smallest absolute Gasteiger partial charge is 0.236 e. The Balaban J connectivity index is 1.51. The average molecular weight is 294 g/mol. The highest BCUT2D eigenvalue weighted by molar-refractivity contribution is 5.78. The highest BCUT2D eigenvalue weighted by atomic mass is 16.2. The van der Waals surface area contributed by atoms with Gasteiger partial charge in [-0.3, -0.25) is 9.69 Å². The summed E-state index contributed by atoms with van der Waals surface area (Å²) in [5.74, 6) is 0.337. The van der Waals surface area contributed by atoms with Crippen molar-refractivity contribution in [3.05, 3.63) is 0 Å². The Morgan fingerprint density at radius 3 is 2.57 bits per heavy atom. The SMILES string of the molecule is CN1CCN(C(=O)CN2CCCC3(CCCNC3)C2)CC1. The van der Waals surface area contributed by atoms with Crippen LogP contribution in [-0.2, 0) is 4.79 Å². The Hall–Kier alpha value is -0.650. The van der Waals surface area contributed by atoms with E-state index in [0.717, 1.165) is 45.8 Å². The molecule has 120 valence electrons. The van der Waals surface area contributed by atoms with Gasteiger partial charge in [0.05, 0.1) is 6.54 Å². The zero-order valence-electron chi connectivity index (χ0n) is 13.4. The zero-order chi connectivity index (χ0) is 14.7. The van der Waals surface area contributed by atoms with Crippen molar-refractivity contribution in [2.24, 2.45) is 5.41 Å². The zero-order valence-corrected chi connectivity index (χ0v) is 13.4. The number of piperazine rings is 1.